The molecular weight excluding hydrogens is 418 g/mol. The molecule has 1 aromatic heterocycles. The number of thiazole rings is 1. The van der Waals surface area contributed by atoms with Crippen molar-refractivity contribution in [3.8, 4) is 0 Å². The minimum Gasteiger partial charge on any atom is -0.411 e. The van der Waals surface area contributed by atoms with Gasteiger partial charge in [-0.15, -0.1) is 11.3 Å². The number of aromatic nitrogens is 1. The van der Waals surface area contributed by atoms with Gasteiger partial charge >= 0.3 is 0 Å². The SMILES string of the molecule is O=C(Cc1ccccc1)n1c2c(sc1=NC/C(=N\O)c1ccc(Cl)cc1)CCCC2. The predicted molar refractivity (Wildman–Crippen MR) is 120 cm³/mol. The highest BCUT2D eigenvalue weighted by molar-refractivity contribution is 7.09. The number of hydrogen-bond acceptors (Lipinski definition) is 5. The second-order valence-corrected chi connectivity index (χ2v) is 8.72. The van der Waals surface area contributed by atoms with Crippen molar-refractivity contribution in [1.29, 1.82) is 0 Å². The third-order valence-corrected chi connectivity index (χ3v) is 6.61. The summed E-state index contributed by atoms with van der Waals surface area (Å²) in [5.41, 5.74) is 3.24. The van der Waals surface area contributed by atoms with Crippen molar-refractivity contribution in [1.82, 2.24) is 4.57 Å². The van der Waals surface area contributed by atoms with Crippen LogP contribution in [-0.2, 0) is 19.3 Å². The van der Waals surface area contributed by atoms with Gasteiger partial charge in [0.25, 0.3) is 0 Å². The van der Waals surface area contributed by atoms with Gasteiger partial charge in [-0.05, 0) is 43.4 Å². The summed E-state index contributed by atoms with van der Waals surface area (Å²) in [5.74, 6) is 0.0216. The maximum atomic E-state index is 13.2. The lowest BCUT2D eigenvalue weighted by Crippen LogP contribution is -2.28. The van der Waals surface area contributed by atoms with Crippen molar-refractivity contribution in [3.05, 3.63) is 86.1 Å². The number of aryl methyl sites for hydroxylation is 1. The monoisotopic (exact) mass is 439 g/mol. The summed E-state index contributed by atoms with van der Waals surface area (Å²) in [7, 11) is 0. The average molecular weight is 440 g/mol. The van der Waals surface area contributed by atoms with Crippen molar-refractivity contribution in [2.45, 2.75) is 32.1 Å². The maximum Gasteiger partial charge on any atom is 0.237 e. The Kier molecular flexibility index (Phi) is 6.45. The van der Waals surface area contributed by atoms with E-state index in [4.69, 9.17) is 11.6 Å². The van der Waals surface area contributed by atoms with E-state index in [2.05, 4.69) is 10.1 Å². The zero-order valence-electron chi connectivity index (χ0n) is 16.4. The minimum atomic E-state index is 0.0216. The zero-order valence-corrected chi connectivity index (χ0v) is 18.0. The van der Waals surface area contributed by atoms with Crippen LogP contribution in [0.3, 0.4) is 0 Å². The van der Waals surface area contributed by atoms with Crippen molar-refractivity contribution in [2.24, 2.45) is 10.1 Å². The molecule has 0 fully saturated rings. The highest BCUT2D eigenvalue weighted by atomic mass is 35.5. The molecule has 3 aromatic rings. The smallest absolute Gasteiger partial charge is 0.237 e. The first kappa shape index (κ1) is 20.6. The van der Waals surface area contributed by atoms with Crippen LogP contribution in [0, 0.1) is 0 Å². The Morgan fingerprint density at radius 3 is 2.53 bits per heavy atom. The molecule has 0 saturated carbocycles. The number of fused-ring (bicyclic) bond motifs is 1. The first-order valence-corrected chi connectivity index (χ1v) is 11.1. The van der Waals surface area contributed by atoms with E-state index in [1.165, 1.54) is 4.88 Å². The Morgan fingerprint density at radius 2 is 1.80 bits per heavy atom. The van der Waals surface area contributed by atoms with E-state index in [1.54, 1.807) is 40.2 Å². The summed E-state index contributed by atoms with van der Waals surface area (Å²) < 4.78 is 1.78. The van der Waals surface area contributed by atoms with E-state index >= 15 is 0 Å². The van der Waals surface area contributed by atoms with Crippen LogP contribution in [0.4, 0.5) is 0 Å². The van der Waals surface area contributed by atoms with E-state index < -0.39 is 0 Å². The molecular formula is C23H22ClN3O2S. The van der Waals surface area contributed by atoms with Gasteiger partial charge in [-0.25, -0.2) is 0 Å². The van der Waals surface area contributed by atoms with Crippen LogP contribution in [0.5, 0.6) is 0 Å². The minimum absolute atomic E-state index is 0.0216. The highest BCUT2D eigenvalue weighted by Crippen LogP contribution is 2.24. The van der Waals surface area contributed by atoms with Crippen molar-refractivity contribution < 1.29 is 10.0 Å². The van der Waals surface area contributed by atoms with Crippen LogP contribution < -0.4 is 4.80 Å². The molecule has 7 heteroatoms. The Bertz CT molecular complexity index is 1130. The fourth-order valence-electron chi connectivity index (χ4n) is 3.65. The lowest BCUT2D eigenvalue weighted by atomic mass is 10.0. The van der Waals surface area contributed by atoms with Crippen LogP contribution in [0.1, 0.15) is 39.3 Å². The quantitative estimate of drug-likeness (QED) is 0.354. The lowest BCUT2D eigenvalue weighted by Gasteiger charge is -2.13. The van der Waals surface area contributed by atoms with E-state index in [0.29, 0.717) is 22.0 Å². The lowest BCUT2D eigenvalue weighted by molar-refractivity contribution is 0.0906. The standard InChI is InChI=1S/C23H22ClN3O2S/c24-18-12-10-17(11-13-18)19(26-29)15-25-23-27(20-8-4-5-9-21(20)30-23)22(28)14-16-6-2-1-3-7-16/h1-3,6-7,10-13,29H,4-5,8-9,14-15H2/b25-23?,26-19+. The number of rotatable bonds is 5. The molecule has 0 radical (unpaired) electrons. The van der Waals surface area contributed by atoms with Crippen LogP contribution in [0.2, 0.25) is 5.02 Å². The van der Waals surface area contributed by atoms with Crippen LogP contribution >= 0.6 is 22.9 Å². The summed E-state index contributed by atoms with van der Waals surface area (Å²) in [5, 5.41) is 13.5. The van der Waals surface area contributed by atoms with Crippen LogP contribution in [0.15, 0.2) is 64.7 Å². The maximum absolute atomic E-state index is 13.2. The molecule has 0 aliphatic heterocycles. The Labute approximate surface area is 184 Å². The molecule has 0 bridgehead atoms. The molecule has 0 saturated heterocycles. The van der Waals surface area contributed by atoms with Crippen LogP contribution in [0.25, 0.3) is 0 Å². The van der Waals surface area contributed by atoms with E-state index in [9.17, 15) is 10.0 Å². The molecule has 1 aliphatic rings. The van der Waals surface area contributed by atoms with Gasteiger partial charge in [-0.3, -0.25) is 14.4 Å². The zero-order chi connectivity index (χ0) is 20.9. The Hall–Kier alpha value is -2.70. The van der Waals surface area contributed by atoms with Crippen molar-refractivity contribution in [3.63, 3.8) is 0 Å². The molecule has 30 heavy (non-hydrogen) atoms. The van der Waals surface area contributed by atoms with Gasteiger partial charge < -0.3 is 5.21 Å². The fourth-order valence-corrected chi connectivity index (χ4v) is 4.99. The molecule has 2 aromatic carbocycles. The highest BCUT2D eigenvalue weighted by Gasteiger charge is 2.21. The van der Waals surface area contributed by atoms with E-state index in [-0.39, 0.29) is 12.5 Å². The summed E-state index contributed by atoms with van der Waals surface area (Å²) in [6, 6.07) is 16.8. The number of carbonyl (C=O) groups excluding carboxylic acids is 1. The molecule has 1 N–H and O–H groups in total. The van der Waals surface area contributed by atoms with Crippen molar-refractivity contribution in [2.75, 3.05) is 6.54 Å². The first-order chi connectivity index (χ1) is 14.7. The Morgan fingerprint density at radius 1 is 1.07 bits per heavy atom. The first-order valence-electron chi connectivity index (χ1n) is 9.94. The number of halogens is 1. The second-order valence-electron chi connectivity index (χ2n) is 7.22. The molecule has 5 nitrogen and oxygen atoms in total. The molecule has 1 aliphatic carbocycles. The molecule has 0 unspecified atom stereocenters. The third kappa shape index (κ3) is 4.55. The van der Waals surface area contributed by atoms with Crippen LogP contribution in [-0.4, -0.2) is 27.9 Å². The van der Waals surface area contributed by atoms with Gasteiger partial charge in [-0.2, -0.15) is 0 Å². The van der Waals surface area contributed by atoms with Gasteiger partial charge in [0.1, 0.15) is 5.71 Å². The summed E-state index contributed by atoms with van der Waals surface area (Å²) >= 11 is 7.52. The molecule has 1 heterocycles. The van der Waals surface area contributed by atoms with Gasteiger partial charge in [0.05, 0.1) is 13.0 Å². The third-order valence-electron chi connectivity index (χ3n) is 5.17. The normalized spacial score (nSPS) is 14.6. The topological polar surface area (TPSA) is 67.0 Å². The van der Waals surface area contributed by atoms with E-state index in [0.717, 1.165) is 42.5 Å². The molecule has 154 valence electrons. The molecule has 0 amide bonds. The average Bonchev–Trinajstić information content (AvgIpc) is 3.14. The number of oxime groups is 1. The van der Waals surface area contributed by atoms with Gasteiger partial charge in [0.2, 0.25) is 5.91 Å². The second kappa shape index (κ2) is 9.41. The number of benzene rings is 2. The summed E-state index contributed by atoms with van der Waals surface area (Å²) in [6.45, 7) is 0.177. The summed E-state index contributed by atoms with van der Waals surface area (Å²) in [6.07, 6.45) is 4.41. The fraction of sp³-hybridized carbons (Fsp3) is 0.261. The number of hydrogen-bond donors (Lipinski definition) is 1. The van der Waals surface area contributed by atoms with Gasteiger partial charge in [0, 0.05) is 21.2 Å². The predicted octanol–water partition coefficient (Wildman–Crippen LogP) is 4.74. The largest absolute Gasteiger partial charge is 0.411 e. The van der Waals surface area contributed by atoms with Gasteiger partial charge in [0.15, 0.2) is 4.80 Å². The molecule has 0 atom stereocenters. The molecule has 0 spiro atoms. The number of carbonyl (C=O) groups is 1. The van der Waals surface area contributed by atoms with E-state index in [1.807, 2.05) is 30.3 Å². The summed E-state index contributed by atoms with van der Waals surface area (Å²) in [4.78, 5) is 19.8. The van der Waals surface area contributed by atoms with Gasteiger partial charge in [-0.1, -0.05) is 59.2 Å². The van der Waals surface area contributed by atoms with Crippen molar-refractivity contribution >= 4 is 34.6 Å². The molecule has 4 rings (SSSR count). The Balaban J connectivity index is 1.67. The number of nitrogens with zero attached hydrogens (tertiary/aromatic N) is 3.